The minimum absolute atomic E-state index is 0.0832. The Morgan fingerprint density at radius 3 is 2.26 bits per heavy atom. The smallest absolute Gasteiger partial charge is 0.251 e. The third kappa shape index (κ3) is 5.24. The Kier molecular flexibility index (Phi) is 8.39. The Hall–Kier alpha value is -4.08. The average Bonchev–Trinajstić information content (AvgIpc) is 3.34. The zero-order valence-corrected chi connectivity index (χ0v) is 27.7. The highest BCUT2D eigenvalue weighted by Gasteiger charge is 2.74. The van der Waals surface area contributed by atoms with Gasteiger partial charge in [-0.25, -0.2) is 0 Å². The predicted octanol–water partition coefficient (Wildman–Crippen LogP) is 5.59. The van der Waals surface area contributed by atoms with Gasteiger partial charge in [0.15, 0.2) is 0 Å². The number of carbonyl (C=O) groups is 3. The molecule has 2 saturated heterocycles. The van der Waals surface area contributed by atoms with Gasteiger partial charge >= 0.3 is 0 Å². The fraction of sp³-hybridized carbons (Fsp3) is 0.395. The van der Waals surface area contributed by atoms with Crippen LogP contribution in [0.5, 0.6) is 5.75 Å². The quantitative estimate of drug-likeness (QED) is 0.240. The second kappa shape index (κ2) is 12.5. The van der Waals surface area contributed by atoms with E-state index in [-0.39, 0.29) is 24.3 Å². The lowest BCUT2D eigenvalue weighted by Gasteiger charge is -2.37. The van der Waals surface area contributed by atoms with Crippen LogP contribution in [0.2, 0.25) is 0 Å². The maximum Gasteiger partial charge on any atom is 0.251 e. The number of carbonyl (C=O) groups excluding carboxylic acids is 3. The van der Waals surface area contributed by atoms with Gasteiger partial charge in [-0.3, -0.25) is 14.4 Å². The Morgan fingerprint density at radius 1 is 0.809 bits per heavy atom. The van der Waals surface area contributed by atoms with Crippen molar-refractivity contribution in [3.05, 3.63) is 91.0 Å². The highest BCUT2D eigenvalue weighted by atomic mass is 32.2. The third-order valence-electron chi connectivity index (χ3n) is 10.1. The molecule has 244 valence electrons. The number of rotatable bonds is 9. The number of nitrogens with zero attached hydrogens (tertiary/aromatic N) is 3. The summed E-state index contributed by atoms with van der Waals surface area (Å²) in [6, 6.07) is 20.8. The number of ether oxygens (including phenoxy) is 1. The van der Waals surface area contributed by atoms with E-state index in [0.29, 0.717) is 39.1 Å². The molecule has 1 N–H and O–H groups in total. The molecule has 3 aromatic rings. The number of likely N-dealkylation sites (tertiary alicyclic amines) is 1. The summed E-state index contributed by atoms with van der Waals surface area (Å²) in [6.45, 7) is 5.78. The normalized spacial score (nSPS) is 28.4. The topological polar surface area (TPSA) is 90.4 Å². The fourth-order valence-electron chi connectivity index (χ4n) is 8.03. The molecule has 1 spiro atoms. The van der Waals surface area contributed by atoms with Crippen molar-refractivity contribution >= 4 is 51.6 Å². The molecule has 4 aliphatic heterocycles. The molecule has 9 heteroatoms. The summed E-state index contributed by atoms with van der Waals surface area (Å²) in [7, 11) is 0. The third-order valence-corrected chi connectivity index (χ3v) is 11.9. The summed E-state index contributed by atoms with van der Waals surface area (Å²) in [4.78, 5) is 49.7. The Bertz CT molecular complexity index is 1760. The van der Waals surface area contributed by atoms with Gasteiger partial charge < -0.3 is 24.5 Å². The van der Waals surface area contributed by atoms with Crippen molar-refractivity contribution in [2.75, 3.05) is 42.6 Å². The van der Waals surface area contributed by atoms with E-state index in [1.165, 1.54) is 0 Å². The van der Waals surface area contributed by atoms with Crippen molar-refractivity contribution < 1.29 is 24.2 Å². The van der Waals surface area contributed by atoms with Crippen molar-refractivity contribution in [3.63, 3.8) is 0 Å². The lowest BCUT2D eigenvalue weighted by molar-refractivity contribution is -0.139. The number of benzene rings is 3. The maximum atomic E-state index is 14.9. The van der Waals surface area contributed by atoms with E-state index in [1.807, 2.05) is 92.7 Å². The molecular formula is C38H41N3O5S. The SMILES string of the molecule is CCOc1ccc(N2CC=C[C@@]3(C)S[C@]45C=CCN(c6ccc7ccccc7c6)C(=O)C4N(CCCCCO)C(=O)[C@@H]5[C@H]3C2=O)cc1. The summed E-state index contributed by atoms with van der Waals surface area (Å²) in [5.74, 6) is -1.03. The van der Waals surface area contributed by atoms with E-state index in [2.05, 4.69) is 12.2 Å². The van der Waals surface area contributed by atoms with E-state index < -0.39 is 27.4 Å². The molecule has 0 radical (unpaired) electrons. The van der Waals surface area contributed by atoms with Crippen LogP contribution in [0, 0.1) is 11.8 Å². The van der Waals surface area contributed by atoms with Crippen molar-refractivity contribution in [1.82, 2.24) is 4.90 Å². The lowest BCUT2D eigenvalue weighted by Crippen LogP contribution is -2.53. The van der Waals surface area contributed by atoms with Crippen LogP contribution in [-0.2, 0) is 14.4 Å². The predicted molar refractivity (Wildman–Crippen MR) is 187 cm³/mol. The van der Waals surface area contributed by atoms with Crippen molar-refractivity contribution in [2.24, 2.45) is 11.8 Å². The van der Waals surface area contributed by atoms with Gasteiger partial charge in [0.2, 0.25) is 11.8 Å². The first kappa shape index (κ1) is 31.5. The van der Waals surface area contributed by atoms with Crippen LogP contribution < -0.4 is 14.5 Å². The molecule has 1 unspecified atom stereocenters. The molecule has 0 saturated carbocycles. The summed E-state index contributed by atoms with van der Waals surface area (Å²) in [5, 5.41) is 11.5. The monoisotopic (exact) mass is 651 g/mol. The number of thioether (sulfide) groups is 1. The van der Waals surface area contributed by atoms with Gasteiger partial charge in [0.1, 0.15) is 11.8 Å². The van der Waals surface area contributed by atoms with Crippen molar-refractivity contribution in [3.8, 4) is 5.75 Å². The van der Waals surface area contributed by atoms with Crippen LogP contribution in [0.3, 0.4) is 0 Å². The van der Waals surface area contributed by atoms with Crippen LogP contribution in [-0.4, -0.2) is 76.1 Å². The van der Waals surface area contributed by atoms with E-state index in [0.717, 1.165) is 34.3 Å². The lowest BCUT2D eigenvalue weighted by atomic mass is 9.74. The van der Waals surface area contributed by atoms with E-state index in [9.17, 15) is 19.5 Å². The van der Waals surface area contributed by atoms with E-state index >= 15 is 0 Å². The second-order valence-corrected chi connectivity index (χ2v) is 14.8. The Balaban J connectivity index is 1.29. The van der Waals surface area contributed by atoms with Gasteiger partial charge in [-0.1, -0.05) is 54.6 Å². The second-order valence-electron chi connectivity index (χ2n) is 13.0. The van der Waals surface area contributed by atoms with Gasteiger partial charge in [-0.15, -0.1) is 11.8 Å². The standard InChI is InChI=1S/C38H41N3O5S/c1-3-46-30-17-15-28(16-18-30)39-22-9-19-37(2)31(34(39)43)32-35(44)41(21-7-4-8-24-42)33-36(45)40(23-10-20-38(32,33)47-37)29-14-13-26-11-5-6-12-27(26)25-29/h5-6,9-20,25,31-33,42H,3-4,7-8,21-24H2,1-2H3/t31-,32-,33?,37+,38-/m0/s1. The Labute approximate surface area is 280 Å². The molecule has 47 heavy (non-hydrogen) atoms. The molecule has 5 atom stereocenters. The minimum atomic E-state index is -0.919. The first-order valence-corrected chi connectivity index (χ1v) is 17.4. The first-order valence-electron chi connectivity index (χ1n) is 16.6. The maximum absolute atomic E-state index is 14.9. The van der Waals surface area contributed by atoms with Gasteiger partial charge in [0.05, 0.1) is 23.2 Å². The number of hydrogen-bond acceptors (Lipinski definition) is 6. The molecular weight excluding hydrogens is 611 g/mol. The van der Waals surface area contributed by atoms with E-state index in [4.69, 9.17) is 4.74 Å². The van der Waals surface area contributed by atoms with Crippen LogP contribution in [0.1, 0.15) is 33.1 Å². The highest BCUT2D eigenvalue weighted by molar-refractivity contribution is 8.02. The molecule has 3 amide bonds. The zero-order chi connectivity index (χ0) is 32.8. The number of amides is 3. The molecule has 2 fully saturated rings. The summed E-state index contributed by atoms with van der Waals surface area (Å²) in [5.41, 5.74) is 1.53. The molecule has 4 aliphatic rings. The number of anilines is 2. The van der Waals surface area contributed by atoms with Crippen molar-refractivity contribution in [2.45, 2.75) is 48.6 Å². The fourth-order valence-corrected chi connectivity index (χ4v) is 10.2. The van der Waals surface area contributed by atoms with Gasteiger partial charge in [-0.2, -0.15) is 0 Å². The molecule has 0 aromatic heterocycles. The largest absolute Gasteiger partial charge is 0.494 e. The van der Waals surface area contributed by atoms with Gasteiger partial charge in [0, 0.05) is 42.4 Å². The number of aliphatic hydroxyl groups excluding tert-OH is 1. The minimum Gasteiger partial charge on any atom is -0.494 e. The highest BCUT2D eigenvalue weighted by Crippen LogP contribution is 2.65. The van der Waals surface area contributed by atoms with Crippen molar-refractivity contribution in [1.29, 1.82) is 0 Å². The number of aliphatic hydroxyl groups is 1. The first-order chi connectivity index (χ1) is 22.8. The zero-order valence-electron chi connectivity index (χ0n) is 26.9. The Morgan fingerprint density at radius 2 is 1.51 bits per heavy atom. The molecule has 3 aromatic carbocycles. The van der Waals surface area contributed by atoms with Crippen LogP contribution in [0.25, 0.3) is 10.8 Å². The molecule has 0 aliphatic carbocycles. The van der Waals surface area contributed by atoms with Gasteiger partial charge in [-0.05, 0) is 80.3 Å². The molecule has 7 rings (SSSR count). The number of hydrogen-bond donors (Lipinski definition) is 1. The van der Waals surface area contributed by atoms with Crippen LogP contribution >= 0.6 is 11.8 Å². The molecule has 0 bridgehead atoms. The number of unbranched alkanes of at least 4 members (excludes halogenated alkanes) is 2. The molecule has 8 nitrogen and oxygen atoms in total. The molecule has 4 heterocycles. The summed E-state index contributed by atoms with van der Waals surface area (Å²) >= 11 is 1.60. The summed E-state index contributed by atoms with van der Waals surface area (Å²) < 4.78 is 4.02. The number of fused-ring (bicyclic) bond motifs is 3. The van der Waals surface area contributed by atoms with Gasteiger partial charge in [0.25, 0.3) is 5.91 Å². The van der Waals surface area contributed by atoms with Crippen LogP contribution in [0.15, 0.2) is 91.0 Å². The summed E-state index contributed by atoms with van der Waals surface area (Å²) in [6.07, 6.45) is 10.2. The van der Waals surface area contributed by atoms with E-state index in [1.54, 1.807) is 26.5 Å². The van der Waals surface area contributed by atoms with Crippen LogP contribution in [0.4, 0.5) is 11.4 Å². The average molecular weight is 652 g/mol.